The van der Waals surface area contributed by atoms with Gasteiger partial charge in [0.2, 0.25) is 0 Å². The van der Waals surface area contributed by atoms with E-state index in [9.17, 15) is 9.59 Å². The van der Waals surface area contributed by atoms with Crippen LogP contribution in [0.2, 0.25) is 0 Å². The Morgan fingerprint density at radius 1 is 1.23 bits per heavy atom. The fraction of sp³-hybridized carbons (Fsp3) is 0.619. The van der Waals surface area contributed by atoms with Gasteiger partial charge in [-0.1, -0.05) is 32.8 Å². The van der Waals surface area contributed by atoms with Crippen LogP contribution in [0, 0.1) is 12.8 Å². The van der Waals surface area contributed by atoms with Gasteiger partial charge in [-0.25, -0.2) is 4.79 Å². The zero-order valence-corrected chi connectivity index (χ0v) is 16.8. The summed E-state index contributed by atoms with van der Waals surface area (Å²) in [4.78, 5) is 28.8. The number of nitrogens with one attached hydrogen (secondary N) is 1. The van der Waals surface area contributed by atoms with Gasteiger partial charge in [0.15, 0.2) is 0 Å². The molecule has 1 aliphatic heterocycles. The number of benzene rings is 1. The molecule has 0 aliphatic carbocycles. The Morgan fingerprint density at radius 2 is 1.96 bits per heavy atom. The first-order valence-electron chi connectivity index (χ1n) is 9.69. The SMILES string of the molecule is Cc1ccc(C(=O)N(C)C)cc1NC(=O)N1CCCCCC1CC(C)C. The second kappa shape index (κ2) is 9.06. The van der Waals surface area contributed by atoms with Crippen molar-refractivity contribution >= 4 is 17.6 Å². The van der Waals surface area contributed by atoms with Crippen molar-refractivity contribution < 1.29 is 9.59 Å². The lowest BCUT2D eigenvalue weighted by molar-refractivity contribution is 0.0827. The smallest absolute Gasteiger partial charge is 0.322 e. The Bertz CT molecular complexity index is 640. The lowest BCUT2D eigenvalue weighted by atomic mass is 9.99. The zero-order valence-electron chi connectivity index (χ0n) is 16.8. The molecule has 1 heterocycles. The molecule has 5 nitrogen and oxygen atoms in total. The first kappa shape index (κ1) is 20.3. The Balaban J connectivity index is 2.18. The molecule has 1 saturated heterocycles. The highest BCUT2D eigenvalue weighted by atomic mass is 16.2. The van der Waals surface area contributed by atoms with Crippen LogP contribution in [0.25, 0.3) is 0 Å². The molecule has 1 unspecified atom stereocenters. The monoisotopic (exact) mass is 359 g/mol. The van der Waals surface area contributed by atoms with E-state index >= 15 is 0 Å². The second-order valence-corrected chi connectivity index (χ2v) is 7.99. The van der Waals surface area contributed by atoms with E-state index in [1.54, 1.807) is 31.1 Å². The molecule has 26 heavy (non-hydrogen) atoms. The van der Waals surface area contributed by atoms with Crippen LogP contribution in [0.5, 0.6) is 0 Å². The molecule has 0 radical (unpaired) electrons. The van der Waals surface area contributed by atoms with Crippen molar-refractivity contribution in [2.24, 2.45) is 5.92 Å². The molecule has 2 rings (SSSR count). The van der Waals surface area contributed by atoms with Gasteiger partial charge < -0.3 is 15.1 Å². The van der Waals surface area contributed by atoms with Gasteiger partial charge >= 0.3 is 6.03 Å². The first-order chi connectivity index (χ1) is 12.3. The minimum Gasteiger partial charge on any atom is -0.345 e. The number of anilines is 1. The summed E-state index contributed by atoms with van der Waals surface area (Å²) in [7, 11) is 3.46. The summed E-state index contributed by atoms with van der Waals surface area (Å²) in [5.41, 5.74) is 2.27. The average molecular weight is 360 g/mol. The van der Waals surface area contributed by atoms with E-state index in [1.165, 1.54) is 12.8 Å². The van der Waals surface area contributed by atoms with Crippen LogP contribution in [0.3, 0.4) is 0 Å². The van der Waals surface area contributed by atoms with Crippen LogP contribution in [0.1, 0.15) is 61.9 Å². The molecule has 1 aromatic rings. The van der Waals surface area contributed by atoms with E-state index in [1.807, 2.05) is 17.9 Å². The van der Waals surface area contributed by atoms with E-state index in [4.69, 9.17) is 0 Å². The Morgan fingerprint density at radius 3 is 2.62 bits per heavy atom. The van der Waals surface area contributed by atoms with Crippen LogP contribution < -0.4 is 5.32 Å². The number of carbonyl (C=O) groups is 2. The molecule has 3 amide bonds. The van der Waals surface area contributed by atoms with Gasteiger partial charge in [-0.2, -0.15) is 0 Å². The van der Waals surface area contributed by atoms with Crippen molar-refractivity contribution in [1.82, 2.24) is 9.80 Å². The highest BCUT2D eigenvalue weighted by Gasteiger charge is 2.26. The average Bonchev–Trinajstić information content (AvgIpc) is 2.81. The zero-order chi connectivity index (χ0) is 19.3. The Hall–Kier alpha value is -2.04. The van der Waals surface area contributed by atoms with Gasteiger partial charge in [0.1, 0.15) is 0 Å². The molecule has 0 spiro atoms. The lowest BCUT2D eigenvalue weighted by Gasteiger charge is -2.31. The highest BCUT2D eigenvalue weighted by molar-refractivity contribution is 5.97. The summed E-state index contributed by atoms with van der Waals surface area (Å²) in [5, 5.41) is 3.06. The van der Waals surface area contributed by atoms with E-state index in [0.717, 1.165) is 37.1 Å². The summed E-state index contributed by atoms with van der Waals surface area (Å²) in [6.45, 7) is 7.18. The van der Waals surface area contributed by atoms with Gasteiger partial charge in [-0.15, -0.1) is 0 Å². The van der Waals surface area contributed by atoms with Crippen molar-refractivity contribution in [1.29, 1.82) is 0 Å². The van der Waals surface area contributed by atoms with Crippen molar-refractivity contribution in [2.45, 2.75) is 58.9 Å². The summed E-state index contributed by atoms with van der Waals surface area (Å²) < 4.78 is 0. The quantitative estimate of drug-likeness (QED) is 0.859. The summed E-state index contributed by atoms with van der Waals surface area (Å²) in [6, 6.07) is 5.73. The van der Waals surface area contributed by atoms with Gasteiger partial charge in [-0.3, -0.25) is 4.79 Å². The largest absolute Gasteiger partial charge is 0.345 e. The maximum atomic E-state index is 13.0. The number of rotatable bonds is 4. The minimum atomic E-state index is -0.0621. The van der Waals surface area contributed by atoms with E-state index in [-0.39, 0.29) is 11.9 Å². The molecule has 0 bridgehead atoms. The van der Waals surface area contributed by atoms with E-state index in [0.29, 0.717) is 17.5 Å². The molecule has 5 heteroatoms. The molecule has 144 valence electrons. The minimum absolute atomic E-state index is 0.0462. The van der Waals surface area contributed by atoms with Gasteiger partial charge in [-0.05, 0) is 49.8 Å². The third-order valence-electron chi connectivity index (χ3n) is 5.01. The number of aryl methyl sites for hydroxylation is 1. The molecule has 0 aromatic heterocycles. The lowest BCUT2D eigenvalue weighted by Crippen LogP contribution is -2.43. The fourth-order valence-electron chi connectivity index (χ4n) is 3.57. The molecule has 1 atom stereocenters. The van der Waals surface area contributed by atoms with Crippen LogP contribution >= 0.6 is 0 Å². The number of carbonyl (C=O) groups excluding carboxylic acids is 2. The summed E-state index contributed by atoms with van der Waals surface area (Å²) >= 11 is 0. The Kier molecular flexibility index (Phi) is 7.06. The molecule has 0 saturated carbocycles. The molecule has 1 aliphatic rings. The van der Waals surface area contributed by atoms with E-state index in [2.05, 4.69) is 19.2 Å². The molecule has 1 N–H and O–H groups in total. The van der Waals surface area contributed by atoms with Crippen LogP contribution in [-0.2, 0) is 0 Å². The normalized spacial score (nSPS) is 17.8. The van der Waals surface area contributed by atoms with Gasteiger partial charge in [0.25, 0.3) is 5.91 Å². The van der Waals surface area contributed by atoms with Gasteiger partial charge in [0, 0.05) is 37.9 Å². The maximum absolute atomic E-state index is 13.0. The number of amides is 3. The van der Waals surface area contributed by atoms with Crippen LogP contribution in [-0.4, -0.2) is 48.4 Å². The second-order valence-electron chi connectivity index (χ2n) is 7.99. The first-order valence-corrected chi connectivity index (χ1v) is 9.69. The van der Waals surface area contributed by atoms with Crippen LogP contribution in [0.4, 0.5) is 10.5 Å². The van der Waals surface area contributed by atoms with Crippen molar-refractivity contribution in [3.05, 3.63) is 29.3 Å². The fourth-order valence-corrected chi connectivity index (χ4v) is 3.57. The third kappa shape index (κ3) is 5.23. The standard InChI is InChI=1S/C21H33N3O2/c1-15(2)13-18-9-7-6-8-12-24(18)21(26)22-19-14-17(11-10-16(19)3)20(25)23(4)5/h10-11,14-15,18H,6-9,12-13H2,1-5H3,(H,22,26). The van der Waals surface area contributed by atoms with Crippen molar-refractivity contribution in [3.8, 4) is 0 Å². The number of urea groups is 1. The predicted molar refractivity (Wildman–Crippen MR) is 107 cm³/mol. The number of hydrogen-bond donors (Lipinski definition) is 1. The predicted octanol–water partition coefficient (Wildman–Crippen LogP) is 4.52. The molecular formula is C21H33N3O2. The maximum Gasteiger partial charge on any atom is 0.322 e. The molecular weight excluding hydrogens is 326 g/mol. The van der Waals surface area contributed by atoms with Gasteiger partial charge in [0.05, 0.1) is 0 Å². The highest BCUT2D eigenvalue weighted by Crippen LogP contribution is 2.24. The number of likely N-dealkylation sites (tertiary alicyclic amines) is 1. The molecule has 1 aromatic carbocycles. The van der Waals surface area contributed by atoms with Crippen molar-refractivity contribution in [3.63, 3.8) is 0 Å². The van der Waals surface area contributed by atoms with Crippen molar-refractivity contribution in [2.75, 3.05) is 26.0 Å². The van der Waals surface area contributed by atoms with E-state index < -0.39 is 0 Å². The Labute approximate surface area is 157 Å². The number of nitrogens with zero attached hydrogens (tertiary/aromatic N) is 2. The summed E-state index contributed by atoms with van der Waals surface area (Å²) in [5.74, 6) is 0.504. The molecule has 1 fully saturated rings. The number of hydrogen-bond acceptors (Lipinski definition) is 2. The van der Waals surface area contributed by atoms with Crippen LogP contribution in [0.15, 0.2) is 18.2 Å². The summed E-state index contributed by atoms with van der Waals surface area (Å²) in [6.07, 6.45) is 5.53. The topological polar surface area (TPSA) is 52.7 Å². The third-order valence-corrected chi connectivity index (χ3v) is 5.01.